The fourth-order valence-corrected chi connectivity index (χ4v) is 2.09. The van der Waals surface area contributed by atoms with Crippen LogP contribution in [-0.4, -0.2) is 12.1 Å². The number of hydrogen-bond donors (Lipinski definition) is 1. The molecule has 16 heavy (non-hydrogen) atoms. The molecule has 1 heterocycles. The molecule has 0 radical (unpaired) electrons. The van der Waals surface area contributed by atoms with Crippen LogP contribution in [0.2, 0.25) is 0 Å². The number of carbonyl (C=O) groups excluding carboxylic acids is 1. The Morgan fingerprint density at radius 3 is 2.69 bits per heavy atom. The van der Waals surface area contributed by atoms with Crippen LogP contribution in [0.25, 0.3) is 0 Å². The molecule has 1 amide bonds. The van der Waals surface area contributed by atoms with E-state index in [0.717, 1.165) is 0 Å². The number of fused-ring (bicyclic) bond motifs is 1. The monoisotopic (exact) mass is 293 g/mol. The summed E-state index contributed by atoms with van der Waals surface area (Å²) in [5.74, 6) is -2.31. The molecule has 2 rings (SSSR count). The predicted molar refractivity (Wildman–Crippen MR) is 56.2 cm³/mol. The molecule has 0 spiro atoms. The van der Waals surface area contributed by atoms with Gasteiger partial charge >= 0.3 is 6.18 Å². The number of anilines is 1. The lowest BCUT2D eigenvalue weighted by atomic mass is 9.90. The average molecular weight is 294 g/mol. The Balaban J connectivity index is 2.50. The number of halogens is 4. The van der Waals surface area contributed by atoms with E-state index in [2.05, 4.69) is 21.2 Å². The molecule has 0 saturated carbocycles. The van der Waals surface area contributed by atoms with Gasteiger partial charge in [-0.1, -0.05) is 22.0 Å². The van der Waals surface area contributed by atoms with Gasteiger partial charge < -0.3 is 5.32 Å². The van der Waals surface area contributed by atoms with Crippen molar-refractivity contribution in [1.29, 1.82) is 0 Å². The van der Waals surface area contributed by atoms with E-state index in [-0.39, 0.29) is 11.3 Å². The van der Waals surface area contributed by atoms with Crippen LogP contribution in [0.4, 0.5) is 18.9 Å². The maximum Gasteiger partial charge on any atom is 0.396 e. The topological polar surface area (TPSA) is 29.1 Å². The number of benzene rings is 1. The normalized spacial score (nSPS) is 20.2. The molecule has 2 nitrogen and oxygen atoms in total. The van der Waals surface area contributed by atoms with Gasteiger partial charge in [-0.25, -0.2) is 0 Å². The van der Waals surface area contributed by atoms with Gasteiger partial charge in [-0.15, -0.1) is 0 Å². The van der Waals surface area contributed by atoms with Crippen molar-refractivity contribution in [3.63, 3.8) is 0 Å². The summed E-state index contributed by atoms with van der Waals surface area (Å²) in [6.45, 7) is 0. The van der Waals surface area contributed by atoms with E-state index in [1.54, 1.807) is 0 Å². The van der Waals surface area contributed by atoms with Crippen molar-refractivity contribution >= 4 is 27.5 Å². The van der Waals surface area contributed by atoms with E-state index in [0.29, 0.717) is 4.47 Å². The molecule has 1 unspecified atom stereocenters. The van der Waals surface area contributed by atoms with Crippen LogP contribution < -0.4 is 5.32 Å². The zero-order valence-electron chi connectivity index (χ0n) is 7.94. The molecule has 1 atom stereocenters. The first kappa shape index (κ1) is 11.4. The molecule has 0 aliphatic carbocycles. The van der Waals surface area contributed by atoms with Crippen molar-refractivity contribution in [2.24, 2.45) is 0 Å². The van der Waals surface area contributed by atoms with Gasteiger partial charge in [0.15, 0.2) is 0 Å². The average Bonchev–Trinajstić information content (AvgIpc) is 2.14. The molecule has 6 heteroatoms. The highest BCUT2D eigenvalue weighted by Gasteiger charge is 2.45. The summed E-state index contributed by atoms with van der Waals surface area (Å²) in [5, 5.41) is 2.43. The van der Waals surface area contributed by atoms with Gasteiger partial charge in [-0.2, -0.15) is 13.2 Å². The fourth-order valence-electron chi connectivity index (χ4n) is 1.73. The first-order valence-electron chi connectivity index (χ1n) is 4.54. The molecular formula is C10H7BrF3NO. The van der Waals surface area contributed by atoms with Crippen LogP contribution >= 0.6 is 15.9 Å². The Hall–Kier alpha value is -1.04. The largest absolute Gasteiger partial charge is 0.396 e. The highest BCUT2D eigenvalue weighted by molar-refractivity contribution is 9.10. The Labute approximate surface area is 98.0 Å². The highest BCUT2D eigenvalue weighted by Crippen LogP contribution is 2.43. The summed E-state index contributed by atoms with van der Waals surface area (Å²) >= 11 is 3.15. The maximum atomic E-state index is 12.7. The molecule has 1 N–H and O–H groups in total. The quantitative estimate of drug-likeness (QED) is 0.780. The molecule has 0 fully saturated rings. The van der Waals surface area contributed by atoms with Crippen molar-refractivity contribution in [2.75, 3.05) is 5.32 Å². The lowest BCUT2D eigenvalue weighted by molar-refractivity contribution is -0.156. The first-order chi connectivity index (χ1) is 7.38. The van der Waals surface area contributed by atoms with Crippen LogP contribution in [0.5, 0.6) is 0 Å². The van der Waals surface area contributed by atoms with E-state index in [9.17, 15) is 18.0 Å². The molecular weight excluding hydrogens is 287 g/mol. The molecule has 1 aliphatic heterocycles. The Morgan fingerprint density at radius 1 is 1.38 bits per heavy atom. The number of alkyl halides is 3. The van der Waals surface area contributed by atoms with Crippen molar-refractivity contribution in [3.8, 4) is 0 Å². The van der Waals surface area contributed by atoms with Crippen LogP contribution in [-0.2, 0) is 4.79 Å². The Kier molecular flexibility index (Phi) is 2.69. The molecule has 1 aliphatic rings. The molecule has 1 aromatic carbocycles. The Bertz CT molecular complexity index is 444. The van der Waals surface area contributed by atoms with Gasteiger partial charge in [0.2, 0.25) is 5.91 Å². The summed E-state index contributed by atoms with van der Waals surface area (Å²) in [6, 6.07) is 4.40. The minimum absolute atomic E-state index is 0.121. The van der Waals surface area contributed by atoms with E-state index in [1.165, 1.54) is 18.2 Å². The SMILES string of the molecule is O=C1CC(C(F)(F)F)c2ccc(Br)cc2N1. The van der Waals surface area contributed by atoms with Crippen LogP contribution in [0, 0.1) is 0 Å². The number of carbonyl (C=O) groups is 1. The zero-order valence-corrected chi connectivity index (χ0v) is 9.52. The lowest BCUT2D eigenvalue weighted by Gasteiger charge is -2.27. The molecule has 1 aromatic rings. The molecule has 86 valence electrons. The minimum atomic E-state index is -4.39. The lowest BCUT2D eigenvalue weighted by Crippen LogP contribution is -2.31. The molecule has 0 bridgehead atoms. The van der Waals surface area contributed by atoms with Gasteiger partial charge in [-0.05, 0) is 17.7 Å². The summed E-state index contributed by atoms with van der Waals surface area (Å²) < 4.78 is 38.7. The molecule has 0 saturated heterocycles. The predicted octanol–water partition coefficient (Wildman–Crippen LogP) is 3.44. The fraction of sp³-hybridized carbons (Fsp3) is 0.300. The summed E-state index contributed by atoms with van der Waals surface area (Å²) in [4.78, 5) is 11.2. The van der Waals surface area contributed by atoms with Crippen LogP contribution in [0.15, 0.2) is 22.7 Å². The third-order valence-corrected chi connectivity index (χ3v) is 2.94. The van der Waals surface area contributed by atoms with Gasteiger partial charge in [0.25, 0.3) is 0 Å². The zero-order chi connectivity index (χ0) is 11.9. The standard InChI is InChI=1S/C10H7BrF3NO/c11-5-1-2-6-7(10(12,13)14)4-9(16)15-8(6)3-5/h1-3,7H,4H2,(H,15,16). The number of nitrogens with one attached hydrogen (secondary N) is 1. The smallest absolute Gasteiger partial charge is 0.326 e. The summed E-state index contributed by atoms with van der Waals surface area (Å²) in [7, 11) is 0. The number of rotatable bonds is 0. The Morgan fingerprint density at radius 2 is 2.06 bits per heavy atom. The number of amides is 1. The van der Waals surface area contributed by atoms with Crippen molar-refractivity contribution in [2.45, 2.75) is 18.5 Å². The van der Waals surface area contributed by atoms with Crippen LogP contribution in [0.3, 0.4) is 0 Å². The van der Waals surface area contributed by atoms with Crippen molar-refractivity contribution in [3.05, 3.63) is 28.2 Å². The van der Waals surface area contributed by atoms with Crippen LogP contribution in [0.1, 0.15) is 17.9 Å². The van der Waals surface area contributed by atoms with E-state index in [1.807, 2.05) is 0 Å². The van der Waals surface area contributed by atoms with E-state index < -0.39 is 24.4 Å². The second kappa shape index (κ2) is 3.76. The van der Waals surface area contributed by atoms with Gasteiger partial charge in [0, 0.05) is 16.6 Å². The van der Waals surface area contributed by atoms with Crippen molar-refractivity contribution in [1.82, 2.24) is 0 Å². The summed E-state index contributed by atoms with van der Waals surface area (Å²) in [5.41, 5.74) is 0.350. The first-order valence-corrected chi connectivity index (χ1v) is 5.33. The second-order valence-corrected chi connectivity index (χ2v) is 4.49. The number of hydrogen-bond acceptors (Lipinski definition) is 1. The third kappa shape index (κ3) is 2.07. The molecule has 0 aromatic heterocycles. The third-order valence-electron chi connectivity index (χ3n) is 2.45. The van der Waals surface area contributed by atoms with Gasteiger partial charge in [0.05, 0.1) is 5.92 Å². The van der Waals surface area contributed by atoms with Gasteiger partial charge in [0.1, 0.15) is 0 Å². The van der Waals surface area contributed by atoms with E-state index in [4.69, 9.17) is 0 Å². The minimum Gasteiger partial charge on any atom is -0.326 e. The second-order valence-electron chi connectivity index (χ2n) is 3.58. The maximum absolute atomic E-state index is 12.7. The van der Waals surface area contributed by atoms with Crippen molar-refractivity contribution < 1.29 is 18.0 Å². The van der Waals surface area contributed by atoms with Gasteiger partial charge in [-0.3, -0.25) is 4.79 Å². The van der Waals surface area contributed by atoms with E-state index >= 15 is 0 Å². The highest BCUT2D eigenvalue weighted by atomic mass is 79.9. The summed E-state index contributed by atoms with van der Waals surface area (Å²) in [6.07, 6.45) is -4.93.